The van der Waals surface area contributed by atoms with E-state index in [9.17, 15) is 4.79 Å². The molecule has 2 atom stereocenters. The van der Waals surface area contributed by atoms with Gasteiger partial charge in [0.1, 0.15) is 32.7 Å². The Kier molecular flexibility index (Phi) is 6.49. The van der Waals surface area contributed by atoms with Crippen LogP contribution in [0.2, 0.25) is 0 Å². The van der Waals surface area contributed by atoms with Crippen molar-refractivity contribution in [3.05, 3.63) is 35.4 Å². The first-order valence-corrected chi connectivity index (χ1v) is 10.1. The van der Waals surface area contributed by atoms with Crippen molar-refractivity contribution >= 4 is 5.91 Å². The highest BCUT2D eigenvalue weighted by atomic mass is 16.2. The lowest BCUT2D eigenvalue weighted by Crippen LogP contribution is -3.28. The summed E-state index contributed by atoms with van der Waals surface area (Å²) in [6, 6.07) is 9.26. The van der Waals surface area contributed by atoms with E-state index in [1.54, 1.807) is 4.90 Å². The molecule has 1 saturated heterocycles. The maximum Gasteiger partial charge on any atom is 0.275 e. The average Bonchev–Trinajstić information content (AvgIpc) is 2.59. The lowest BCUT2D eigenvalue weighted by Gasteiger charge is -2.32. The van der Waals surface area contributed by atoms with Crippen molar-refractivity contribution in [2.24, 2.45) is 5.92 Å². The van der Waals surface area contributed by atoms with E-state index in [0.717, 1.165) is 39.1 Å². The first-order valence-electron chi connectivity index (χ1n) is 10.1. The Hall–Kier alpha value is -1.39. The summed E-state index contributed by atoms with van der Waals surface area (Å²) < 4.78 is 0. The maximum atomic E-state index is 12.4. The lowest BCUT2D eigenvalue weighted by atomic mass is 9.86. The van der Waals surface area contributed by atoms with Crippen LogP contribution in [0.1, 0.15) is 43.7 Å². The van der Waals surface area contributed by atoms with E-state index in [2.05, 4.69) is 43.4 Å². The van der Waals surface area contributed by atoms with Gasteiger partial charge in [-0.25, -0.2) is 0 Å². The molecule has 1 heterocycles. The fourth-order valence-corrected chi connectivity index (χ4v) is 4.44. The van der Waals surface area contributed by atoms with Gasteiger partial charge in [-0.1, -0.05) is 49.6 Å². The number of hydrogen-bond donors (Lipinski definition) is 3. The molecule has 1 aliphatic carbocycles. The van der Waals surface area contributed by atoms with Gasteiger partial charge < -0.3 is 15.1 Å². The minimum absolute atomic E-state index is 0.260. The number of benzene rings is 1. The molecule has 4 heteroatoms. The molecular weight excluding hydrogens is 310 g/mol. The van der Waals surface area contributed by atoms with Gasteiger partial charge in [0.2, 0.25) is 0 Å². The molecule has 3 N–H and O–H groups in total. The third kappa shape index (κ3) is 5.55. The highest BCUT2D eigenvalue weighted by Crippen LogP contribution is 2.23. The number of quaternary nitrogens is 2. The predicted molar refractivity (Wildman–Crippen MR) is 101 cm³/mol. The van der Waals surface area contributed by atoms with Gasteiger partial charge in [-0.3, -0.25) is 4.79 Å². The van der Waals surface area contributed by atoms with E-state index >= 15 is 0 Å². The van der Waals surface area contributed by atoms with E-state index in [0.29, 0.717) is 18.5 Å². The molecule has 1 saturated carbocycles. The van der Waals surface area contributed by atoms with Crippen molar-refractivity contribution in [3.8, 4) is 0 Å². The number of piperazine rings is 1. The molecule has 0 spiro atoms. The Bertz CT molecular complexity index is 566. The van der Waals surface area contributed by atoms with Gasteiger partial charge in [-0.05, 0) is 25.7 Å². The Morgan fingerprint density at radius 1 is 1.12 bits per heavy atom. The molecule has 3 rings (SSSR count). The first-order chi connectivity index (χ1) is 12.1. The molecule has 2 aliphatic rings. The van der Waals surface area contributed by atoms with Crippen LogP contribution in [0.25, 0.3) is 0 Å². The summed E-state index contributed by atoms with van der Waals surface area (Å²) in [5.74, 6) is 0.902. The van der Waals surface area contributed by atoms with Crippen LogP contribution in [0.15, 0.2) is 24.3 Å². The standard InChI is InChI=1S/C21H33N3O/c1-17-6-5-8-19(14-17)15-23-10-12-24(13-11-23)16-21(25)22-20-9-4-3-7-18(20)2/h5-6,8,14,18,20H,3-4,7,9-13,15-16H2,1-2H3,(H,22,25)/p+2/t18-,20+/m1/s1. The maximum absolute atomic E-state index is 12.4. The Morgan fingerprint density at radius 3 is 2.56 bits per heavy atom. The van der Waals surface area contributed by atoms with Crippen molar-refractivity contribution in [1.82, 2.24) is 5.32 Å². The molecule has 1 amide bonds. The molecule has 0 bridgehead atoms. The van der Waals surface area contributed by atoms with E-state index in [1.165, 1.54) is 35.3 Å². The van der Waals surface area contributed by atoms with Crippen molar-refractivity contribution in [3.63, 3.8) is 0 Å². The van der Waals surface area contributed by atoms with E-state index in [4.69, 9.17) is 0 Å². The molecule has 0 radical (unpaired) electrons. The molecule has 0 unspecified atom stereocenters. The number of nitrogens with one attached hydrogen (secondary N) is 3. The Labute approximate surface area is 152 Å². The van der Waals surface area contributed by atoms with E-state index in [1.807, 2.05) is 0 Å². The summed E-state index contributed by atoms with van der Waals surface area (Å²) in [7, 11) is 0. The number of carbonyl (C=O) groups is 1. The molecule has 2 fully saturated rings. The monoisotopic (exact) mass is 345 g/mol. The second-order valence-electron chi connectivity index (χ2n) is 8.28. The third-order valence-corrected chi connectivity index (χ3v) is 6.07. The minimum Gasteiger partial charge on any atom is -0.348 e. The Morgan fingerprint density at radius 2 is 1.84 bits per heavy atom. The second-order valence-corrected chi connectivity index (χ2v) is 8.28. The second kappa shape index (κ2) is 8.81. The molecule has 25 heavy (non-hydrogen) atoms. The fourth-order valence-electron chi connectivity index (χ4n) is 4.44. The Balaban J connectivity index is 1.39. The summed E-state index contributed by atoms with van der Waals surface area (Å²) >= 11 is 0. The van der Waals surface area contributed by atoms with E-state index in [-0.39, 0.29) is 5.91 Å². The zero-order valence-electron chi connectivity index (χ0n) is 15.9. The molecule has 4 nitrogen and oxygen atoms in total. The van der Waals surface area contributed by atoms with Gasteiger partial charge in [0, 0.05) is 11.6 Å². The topological polar surface area (TPSA) is 38.0 Å². The molecule has 1 aromatic carbocycles. The zero-order chi connectivity index (χ0) is 17.6. The first kappa shape index (κ1) is 18.4. The summed E-state index contributed by atoms with van der Waals surface area (Å²) in [6.45, 7) is 10.7. The van der Waals surface area contributed by atoms with Gasteiger partial charge in [-0.15, -0.1) is 0 Å². The van der Waals surface area contributed by atoms with Crippen LogP contribution in [0.4, 0.5) is 0 Å². The van der Waals surface area contributed by atoms with Gasteiger partial charge in [0.25, 0.3) is 5.91 Å². The quantitative estimate of drug-likeness (QED) is 0.689. The minimum atomic E-state index is 0.260. The summed E-state index contributed by atoms with van der Waals surface area (Å²) in [6.07, 6.45) is 5.02. The number of rotatable bonds is 5. The van der Waals surface area contributed by atoms with Crippen molar-refractivity contribution in [2.45, 2.75) is 52.1 Å². The molecular formula is C21H35N3O+2. The van der Waals surface area contributed by atoms with Crippen LogP contribution in [-0.4, -0.2) is 44.7 Å². The highest BCUT2D eigenvalue weighted by molar-refractivity contribution is 5.77. The van der Waals surface area contributed by atoms with Crippen LogP contribution in [0, 0.1) is 12.8 Å². The molecule has 1 aliphatic heterocycles. The van der Waals surface area contributed by atoms with Gasteiger partial charge >= 0.3 is 0 Å². The molecule has 138 valence electrons. The van der Waals surface area contributed by atoms with Crippen molar-refractivity contribution in [2.75, 3.05) is 32.7 Å². The summed E-state index contributed by atoms with van der Waals surface area (Å²) in [5, 5.41) is 3.31. The van der Waals surface area contributed by atoms with Crippen molar-refractivity contribution < 1.29 is 14.6 Å². The van der Waals surface area contributed by atoms with Gasteiger partial charge in [-0.2, -0.15) is 0 Å². The lowest BCUT2D eigenvalue weighted by molar-refractivity contribution is -1.02. The van der Waals surface area contributed by atoms with Crippen LogP contribution < -0.4 is 15.1 Å². The third-order valence-electron chi connectivity index (χ3n) is 6.07. The van der Waals surface area contributed by atoms with Crippen LogP contribution in [0.5, 0.6) is 0 Å². The predicted octanol–water partition coefficient (Wildman–Crippen LogP) is -0.0267. The normalized spacial score (nSPS) is 30.0. The van der Waals surface area contributed by atoms with Crippen LogP contribution >= 0.6 is 0 Å². The smallest absolute Gasteiger partial charge is 0.275 e. The zero-order valence-corrected chi connectivity index (χ0v) is 15.9. The number of amides is 1. The summed E-state index contributed by atoms with van der Waals surface area (Å²) in [4.78, 5) is 15.5. The molecule has 0 aromatic heterocycles. The SMILES string of the molecule is Cc1cccc(C[NH+]2CC[NH+](CC(=O)N[C@H]3CCCC[C@H]3C)CC2)c1. The van der Waals surface area contributed by atoms with Gasteiger partial charge in [0.05, 0.1) is 0 Å². The number of hydrogen-bond acceptors (Lipinski definition) is 1. The van der Waals surface area contributed by atoms with Gasteiger partial charge in [0.15, 0.2) is 6.54 Å². The van der Waals surface area contributed by atoms with Crippen LogP contribution in [0.3, 0.4) is 0 Å². The van der Waals surface area contributed by atoms with Crippen LogP contribution in [-0.2, 0) is 11.3 Å². The highest BCUT2D eigenvalue weighted by Gasteiger charge is 2.27. The fraction of sp³-hybridized carbons (Fsp3) is 0.667. The van der Waals surface area contributed by atoms with Crippen molar-refractivity contribution in [1.29, 1.82) is 0 Å². The van der Waals surface area contributed by atoms with E-state index < -0.39 is 0 Å². The number of aryl methyl sites for hydroxylation is 1. The number of carbonyl (C=O) groups excluding carboxylic acids is 1. The average molecular weight is 346 g/mol. The largest absolute Gasteiger partial charge is 0.348 e. The molecule has 1 aromatic rings. The summed E-state index contributed by atoms with van der Waals surface area (Å²) in [5.41, 5.74) is 2.78.